The van der Waals surface area contributed by atoms with Crippen molar-refractivity contribution < 1.29 is 41.0 Å². The van der Waals surface area contributed by atoms with Gasteiger partial charge in [0.25, 0.3) is 5.91 Å². The minimum Gasteiger partial charge on any atom is -0.488 e. The number of alkyl halides is 2. The molecular weight excluding hydrogens is 639 g/mol. The topological polar surface area (TPSA) is 134 Å². The minimum absolute atomic E-state index is 0.0228. The number of ether oxygens (including phenoxy) is 2. The summed E-state index contributed by atoms with van der Waals surface area (Å²) < 4.78 is 78.7. The quantitative estimate of drug-likeness (QED) is 0.254. The molecule has 0 bridgehead atoms. The number of pyridine rings is 2. The number of carbonyl (C=O) groups excluding carboxylic acids is 1. The van der Waals surface area contributed by atoms with Gasteiger partial charge in [-0.1, -0.05) is 6.07 Å². The number of aliphatic hydroxyl groups is 1. The lowest BCUT2D eigenvalue weighted by Crippen LogP contribution is -2.51. The van der Waals surface area contributed by atoms with Gasteiger partial charge in [0.1, 0.15) is 12.4 Å². The maximum atomic E-state index is 16.2. The average Bonchev–Trinajstić information content (AvgIpc) is 3.89. The molecule has 11 nitrogen and oxygen atoms in total. The van der Waals surface area contributed by atoms with Crippen molar-refractivity contribution in [3.8, 4) is 5.75 Å². The van der Waals surface area contributed by atoms with Gasteiger partial charge in [0.05, 0.1) is 48.2 Å². The van der Waals surface area contributed by atoms with Gasteiger partial charge in [-0.3, -0.25) is 9.78 Å². The fourth-order valence-electron chi connectivity index (χ4n) is 5.52. The first-order valence-electron chi connectivity index (χ1n) is 15.0. The molecule has 0 atom stereocenters. The molecule has 2 fully saturated rings. The molecule has 4 heterocycles. The summed E-state index contributed by atoms with van der Waals surface area (Å²) in [6.45, 7) is 1.40. The zero-order valence-corrected chi connectivity index (χ0v) is 25.7. The molecule has 0 radical (unpaired) electrons. The second-order valence-corrected chi connectivity index (χ2v) is 13.6. The van der Waals surface area contributed by atoms with E-state index in [4.69, 9.17) is 14.5 Å². The van der Waals surface area contributed by atoms with E-state index >= 15 is 4.39 Å². The van der Waals surface area contributed by atoms with Crippen LogP contribution in [0.2, 0.25) is 0 Å². The average molecular weight is 670 g/mol. The predicted octanol–water partition coefficient (Wildman–Crippen LogP) is 4.09. The fraction of sp³-hybridized carbons (Fsp3) is 0.344. The summed E-state index contributed by atoms with van der Waals surface area (Å²) in [4.78, 5) is 25.1. The number of aromatic nitrogens is 2. The van der Waals surface area contributed by atoms with Gasteiger partial charge in [-0.15, -0.1) is 0 Å². The predicted molar refractivity (Wildman–Crippen MR) is 165 cm³/mol. The van der Waals surface area contributed by atoms with E-state index in [1.165, 1.54) is 18.3 Å². The summed E-state index contributed by atoms with van der Waals surface area (Å²) in [7, 11) is -4.97. The van der Waals surface area contributed by atoms with Crippen molar-refractivity contribution in [3.63, 3.8) is 0 Å². The zero-order chi connectivity index (χ0) is 32.9. The maximum Gasteiger partial charge on any atom is 0.341 e. The number of benzene rings is 2. The van der Waals surface area contributed by atoms with Gasteiger partial charge in [-0.25, -0.2) is 17.8 Å². The monoisotopic (exact) mass is 669 g/mol. The number of hydrogen-bond donors (Lipinski definition) is 2. The summed E-state index contributed by atoms with van der Waals surface area (Å²) in [6, 6.07) is 11.8. The number of hydrogen-bond acceptors (Lipinski definition) is 10. The first-order chi connectivity index (χ1) is 22.6. The van der Waals surface area contributed by atoms with Crippen LogP contribution in [0.4, 0.5) is 30.5 Å². The highest BCUT2D eigenvalue weighted by Gasteiger charge is 2.31. The summed E-state index contributed by atoms with van der Waals surface area (Å²) in [5, 5.41) is 13.1. The van der Waals surface area contributed by atoms with Crippen molar-refractivity contribution in [3.05, 3.63) is 77.4 Å². The van der Waals surface area contributed by atoms with Crippen molar-refractivity contribution in [2.45, 2.75) is 48.9 Å². The first-order valence-corrected chi connectivity index (χ1v) is 16.6. The molecular formula is C32H30F3N5O6S. The van der Waals surface area contributed by atoms with Gasteiger partial charge in [-0.2, -0.15) is 8.78 Å². The summed E-state index contributed by atoms with van der Waals surface area (Å²) in [5.74, 6) is -3.30. The molecule has 1 saturated carbocycles. The second-order valence-electron chi connectivity index (χ2n) is 11.7. The number of β-amino-alcohol motifs (C(OH)–C–C–N with tert-alkyl or cyclic N) is 1. The van der Waals surface area contributed by atoms with E-state index in [0.29, 0.717) is 54.7 Å². The van der Waals surface area contributed by atoms with E-state index in [-0.39, 0.29) is 41.5 Å². The Kier molecular flexibility index (Phi) is 8.14. The van der Waals surface area contributed by atoms with E-state index in [9.17, 15) is 27.1 Å². The molecule has 4 aromatic rings. The Hall–Kier alpha value is -4.47. The maximum absolute atomic E-state index is 16.2. The standard InChI is InChI=1S/C32H30F3N5O6S/c33-29-25-12-21(14-37-31(42)20-9-18(17-46-23-2-3-23)10-24(11-20)47(43,44)32(34)35)36-13-19(25)1-4-26(29)40-7-8-45-27-5-6-28(38-30(27)40)39-15-22(41)16-39/h1,4-6,9-13,22-23,32,41H,2-3,7-8,14-17H2,(H,37,42). The Morgan fingerprint density at radius 1 is 1.13 bits per heavy atom. The van der Waals surface area contributed by atoms with Crippen LogP contribution >= 0.6 is 0 Å². The van der Waals surface area contributed by atoms with Crippen molar-refractivity contribution in [2.24, 2.45) is 0 Å². The third kappa shape index (κ3) is 6.30. The van der Waals surface area contributed by atoms with Crippen LogP contribution in [0, 0.1) is 5.82 Å². The van der Waals surface area contributed by atoms with E-state index in [1.54, 1.807) is 29.2 Å². The zero-order valence-electron chi connectivity index (χ0n) is 24.9. The van der Waals surface area contributed by atoms with Crippen molar-refractivity contribution in [2.75, 3.05) is 36.0 Å². The number of aliphatic hydroxyl groups excluding tert-OH is 1. The van der Waals surface area contributed by atoms with Crippen molar-refractivity contribution in [1.82, 2.24) is 15.3 Å². The van der Waals surface area contributed by atoms with E-state index < -0.39 is 38.3 Å². The molecule has 2 N–H and O–H groups in total. The molecule has 2 aromatic carbocycles. The van der Waals surface area contributed by atoms with Gasteiger partial charge in [-0.05, 0) is 60.9 Å². The number of nitrogens with one attached hydrogen (secondary N) is 1. The van der Waals surface area contributed by atoms with Crippen molar-refractivity contribution >= 4 is 43.8 Å². The van der Waals surface area contributed by atoms with Gasteiger partial charge in [0.15, 0.2) is 17.4 Å². The van der Waals surface area contributed by atoms with Gasteiger partial charge < -0.3 is 29.7 Å². The van der Waals surface area contributed by atoms with Gasteiger partial charge in [0.2, 0.25) is 9.84 Å². The lowest BCUT2D eigenvalue weighted by molar-refractivity contribution is 0.0948. The molecule has 2 aromatic heterocycles. The fourth-order valence-corrected chi connectivity index (χ4v) is 6.33. The molecule has 1 aliphatic carbocycles. The number of sulfone groups is 1. The third-order valence-electron chi connectivity index (χ3n) is 8.24. The largest absolute Gasteiger partial charge is 0.488 e. The van der Waals surface area contributed by atoms with Gasteiger partial charge >= 0.3 is 5.76 Å². The van der Waals surface area contributed by atoms with Crippen LogP contribution in [0.3, 0.4) is 0 Å². The molecule has 7 rings (SSSR count). The molecule has 47 heavy (non-hydrogen) atoms. The molecule has 1 saturated heterocycles. The normalized spacial score (nSPS) is 16.6. The third-order valence-corrected chi connectivity index (χ3v) is 9.60. The van der Waals surface area contributed by atoms with Gasteiger partial charge in [0, 0.05) is 35.6 Å². The molecule has 15 heteroatoms. The van der Waals surface area contributed by atoms with E-state index in [0.717, 1.165) is 25.0 Å². The number of amides is 1. The van der Waals surface area contributed by atoms with E-state index in [2.05, 4.69) is 10.3 Å². The number of rotatable bonds is 10. The lowest BCUT2D eigenvalue weighted by atomic mass is 10.1. The van der Waals surface area contributed by atoms with Crippen LogP contribution in [-0.2, 0) is 27.7 Å². The van der Waals surface area contributed by atoms with E-state index in [1.807, 2.05) is 4.90 Å². The number of carbonyl (C=O) groups is 1. The Labute approximate surface area is 267 Å². The first kappa shape index (κ1) is 31.1. The molecule has 3 aliphatic rings. The number of halogens is 3. The Balaban J connectivity index is 1.13. The van der Waals surface area contributed by atoms with Crippen LogP contribution in [0.5, 0.6) is 5.75 Å². The minimum atomic E-state index is -4.97. The van der Waals surface area contributed by atoms with Crippen LogP contribution < -0.4 is 19.9 Å². The highest BCUT2D eigenvalue weighted by molar-refractivity contribution is 7.91. The van der Waals surface area contributed by atoms with Crippen LogP contribution in [0.1, 0.15) is 34.5 Å². The highest BCUT2D eigenvalue weighted by atomic mass is 32.2. The van der Waals surface area contributed by atoms with Crippen LogP contribution in [-0.4, -0.2) is 73.6 Å². The number of fused-ring (bicyclic) bond motifs is 2. The van der Waals surface area contributed by atoms with Crippen molar-refractivity contribution in [1.29, 1.82) is 0 Å². The summed E-state index contributed by atoms with van der Waals surface area (Å²) in [6.07, 6.45) is 2.79. The van der Waals surface area contributed by atoms with Crippen LogP contribution in [0.15, 0.2) is 59.6 Å². The number of anilines is 3. The molecule has 1 amide bonds. The molecule has 0 unspecified atom stereocenters. The Bertz CT molecular complexity index is 1970. The lowest BCUT2D eigenvalue weighted by Gasteiger charge is -2.38. The Morgan fingerprint density at radius 2 is 1.94 bits per heavy atom. The van der Waals surface area contributed by atoms with Crippen LogP contribution in [0.25, 0.3) is 10.8 Å². The summed E-state index contributed by atoms with van der Waals surface area (Å²) >= 11 is 0. The number of nitrogens with zero attached hydrogens (tertiary/aromatic N) is 4. The smallest absolute Gasteiger partial charge is 0.341 e. The Morgan fingerprint density at radius 3 is 2.68 bits per heavy atom. The molecule has 2 aliphatic heterocycles. The molecule has 246 valence electrons. The SMILES string of the molecule is O=C(NCc1cc2c(F)c(N3CCOc4ccc(N5CC(O)C5)nc43)ccc2cn1)c1cc(COC2CC2)cc(S(=O)(=O)C(F)F)c1. The molecule has 0 spiro atoms. The highest BCUT2D eigenvalue weighted by Crippen LogP contribution is 2.39. The summed E-state index contributed by atoms with van der Waals surface area (Å²) in [5.41, 5.74) is 0.723. The second kappa shape index (κ2) is 12.3.